The predicted octanol–water partition coefficient (Wildman–Crippen LogP) is -1.81. The molecule has 0 radical (unpaired) electrons. The van der Waals surface area contributed by atoms with Gasteiger partial charge in [0, 0.05) is 11.1 Å². The summed E-state index contributed by atoms with van der Waals surface area (Å²) in [6.07, 6.45) is 5.59. The fourth-order valence-electron chi connectivity index (χ4n) is 2.65. The van der Waals surface area contributed by atoms with Crippen molar-refractivity contribution in [3.05, 3.63) is 35.5 Å². The second-order valence-electron chi connectivity index (χ2n) is 5.29. The number of quaternary nitrogens is 1. The molecule has 1 saturated heterocycles. The third-order valence-electron chi connectivity index (χ3n) is 3.70. The zero-order chi connectivity index (χ0) is 13.8. The van der Waals surface area contributed by atoms with Crippen LogP contribution in [0.2, 0.25) is 0 Å². The summed E-state index contributed by atoms with van der Waals surface area (Å²) in [4.78, 5) is 14.5. The zero-order valence-electron chi connectivity index (χ0n) is 11.8. The first-order chi connectivity index (χ1) is 9.81. The number of carbonyl (C=O) groups is 1. The Balaban J connectivity index is 0.00000161. The van der Waals surface area contributed by atoms with E-state index in [1.807, 2.05) is 18.2 Å². The van der Waals surface area contributed by atoms with Gasteiger partial charge in [-0.3, -0.25) is 4.79 Å². The molecule has 0 atom stereocenters. The molecule has 1 aromatic carbocycles. The smallest absolute Gasteiger partial charge is 0.279 e. The first-order valence-electron chi connectivity index (χ1n) is 7.18. The molecule has 0 aromatic heterocycles. The minimum Gasteiger partial charge on any atom is -1.00 e. The first kappa shape index (κ1) is 16.2. The van der Waals surface area contributed by atoms with E-state index >= 15 is 0 Å². The summed E-state index contributed by atoms with van der Waals surface area (Å²) in [5.74, 6) is 0.104. The number of para-hydroxylation sites is 1. The number of benzene rings is 1. The van der Waals surface area contributed by atoms with Crippen molar-refractivity contribution < 1.29 is 22.1 Å². The average Bonchev–Trinajstić information content (AvgIpc) is 2.89. The molecule has 114 valence electrons. The number of likely N-dealkylation sites (tertiary alicyclic amines) is 1. The minimum atomic E-state index is 0. The third kappa shape index (κ3) is 4.40. The molecule has 4 nitrogen and oxygen atoms in total. The maximum Gasteiger partial charge on any atom is 0.279 e. The summed E-state index contributed by atoms with van der Waals surface area (Å²) in [5, 5.41) is 7.18. The van der Waals surface area contributed by atoms with Crippen LogP contribution >= 0.6 is 11.8 Å². The van der Waals surface area contributed by atoms with Crippen LogP contribution in [0.4, 0.5) is 5.69 Å². The molecule has 1 aromatic rings. The maximum absolute atomic E-state index is 11.9. The first-order valence-corrected chi connectivity index (χ1v) is 8.00. The van der Waals surface area contributed by atoms with E-state index in [1.165, 1.54) is 29.1 Å². The van der Waals surface area contributed by atoms with Crippen LogP contribution < -0.4 is 27.9 Å². The lowest BCUT2D eigenvalue weighted by atomic mass is 10.1. The Bertz CT molecular complexity index is 502. The highest BCUT2D eigenvalue weighted by molar-refractivity contribution is 8.03. The van der Waals surface area contributed by atoms with Gasteiger partial charge in [0.2, 0.25) is 0 Å². The van der Waals surface area contributed by atoms with E-state index in [0.29, 0.717) is 6.54 Å². The second kappa shape index (κ2) is 7.73. The van der Waals surface area contributed by atoms with Crippen molar-refractivity contribution in [1.29, 1.82) is 0 Å². The van der Waals surface area contributed by atoms with E-state index < -0.39 is 0 Å². The van der Waals surface area contributed by atoms with Crippen LogP contribution in [0.15, 0.2) is 40.4 Å². The monoisotopic (exact) mass is 325 g/mol. The summed E-state index contributed by atoms with van der Waals surface area (Å²) in [6.45, 7) is 2.84. The summed E-state index contributed by atoms with van der Waals surface area (Å²) in [5.41, 5.74) is 1.11. The number of hydrogen-bond donors (Lipinski definition) is 3. The van der Waals surface area contributed by atoms with Crippen molar-refractivity contribution >= 4 is 23.4 Å². The van der Waals surface area contributed by atoms with E-state index in [-0.39, 0.29) is 18.3 Å². The number of nitrogens with one attached hydrogen (secondary N) is 3. The fourth-order valence-corrected chi connectivity index (χ4v) is 3.55. The quantitative estimate of drug-likeness (QED) is 0.614. The van der Waals surface area contributed by atoms with Crippen molar-refractivity contribution in [3.63, 3.8) is 0 Å². The number of halogens is 1. The van der Waals surface area contributed by atoms with Crippen molar-refractivity contribution in [2.45, 2.75) is 24.2 Å². The molecule has 0 bridgehead atoms. The molecule has 1 amide bonds. The van der Waals surface area contributed by atoms with Gasteiger partial charge in [0.25, 0.3) is 5.91 Å². The molecule has 2 heterocycles. The molecule has 0 spiro atoms. The molecule has 0 aliphatic carbocycles. The van der Waals surface area contributed by atoms with E-state index in [1.54, 1.807) is 18.0 Å². The van der Waals surface area contributed by atoms with E-state index in [9.17, 15) is 4.79 Å². The summed E-state index contributed by atoms with van der Waals surface area (Å²) >= 11 is 1.65. The molecular weight excluding hydrogens is 306 g/mol. The van der Waals surface area contributed by atoms with Gasteiger partial charge in [-0.25, -0.2) is 0 Å². The molecular formula is C15H20ClN3OS. The third-order valence-corrected chi connectivity index (χ3v) is 4.72. The Morgan fingerprint density at radius 2 is 2.05 bits per heavy atom. The van der Waals surface area contributed by atoms with Crippen molar-refractivity contribution in [1.82, 2.24) is 5.32 Å². The van der Waals surface area contributed by atoms with Gasteiger partial charge in [0.05, 0.1) is 23.8 Å². The number of rotatable bonds is 3. The summed E-state index contributed by atoms with van der Waals surface area (Å²) in [7, 11) is 0. The van der Waals surface area contributed by atoms with Gasteiger partial charge < -0.3 is 27.9 Å². The van der Waals surface area contributed by atoms with Crippen LogP contribution in [-0.4, -0.2) is 25.5 Å². The molecule has 2 aliphatic heterocycles. The number of thioether (sulfide) groups is 1. The van der Waals surface area contributed by atoms with Crippen LogP contribution in [0.3, 0.4) is 0 Å². The number of hydrogen-bond acceptors (Lipinski definition) is 3. The van der Waals surface area contributed by atoms with Crippen LogP contribution in [0.25, 0.3) is 0 Å². The summed E-state index contributed by atoms with van der Waals surface area (Å²) in [6, 6.07) is 8.15. The van der Waals surface area contributed by atoms with Crippen molar-refractivity contribution in [2.75, 3.05) is 25.0 Å². The number of amides is 1. The average molecular weight is 326 g/mol. The molecule has 1 fully saturated rings. The fraction of sp³-hybridized carbons (Fsp3) is 0.400. The van der Waals surface area contributed by atoms with Crippen LogP contribution in [-0.2, 0) is 4.79 Å². The molecule has 2 aliphatic rings. The van der Waals surface area contributed by atoms with Crippen molar-refractivity contribution in [2.24, 2.45) is 0 Å². The minimum absolute atomic E-state index is 0. The van der Waals surface area contributed by atoms with Gasteiger partial charge in [-0.1, -0.05) is 23.9 Å². The highest BCUT2D eigenvalue weighted by Crippen LogP contribution is 2.39. The molecule has 6 heteroatoms. The van der Waals surface area contributed by atoms with Gasteiger partial charge in [-0.05, 0) is 31.4 Å². The molecule has 3 rings (SSSR count). The lowest BCUT2D eigenvalue weighted by Crippen LogP contribution is -3.13. The van der Waals surface area contributed by atoms with Gasteiger partial charge in [-0.15, -0.1) is 0 Å². The largest absolute Gasteiger partial charge is 1.00 e. The van der Waals surface area contributed by atoms with Gasteiger partial charge in [0.1, 0.15) is 0 Å². The maximum atomic E-state index is 11.9. The number of piperidine rings is 1. The summed E-state index contributed by atoms with van der Waals surface area (Å²) < 4.78 is 0. The predicted molar refractivity (Wildman–Crippen MR) is 81.6 cm³/mol. The Hall–Kier alpha value is -1.17. The Labute approximate surface area is 135 Å². The lowest BCUT2D eigenvalue weighted by Gasteiger charge is -2.22. The van der Waals surface area contributed by atoms with Gasteiger partial charge in [-0.2, -0.15) is 0 Å². The Morgan fingerprint density at radius 1 is 1.29 bits per heavy atom. The molecule has 0 unspecified atom stereocenters. The number of fused-ring (bicyclic) bond motifs is 1. The highest BCUT2D eigenvalue weighted by atomic mass is 35.5. The topological polar surface area (TPSA) is 45.6 Å². The van der Waals surface area contributed by atoms with E-state index in [4.69, 9.17) is 0 Å². The molecule has 21 heavy (non-hydrogen) atoms. The van der Waals surface area contributed by atoms with E-state index in [0.717, 1.165) is 23.8 Å². The second-order valence-corrected chi connectivity index (χ2v) is 6.37. The molecule has 0 saturated carbocycles. The number of carbonyl (C=O) groups excluding carboxylic acids is 1. The van der Waals surface area contributed by atoms with Crippen molar-refractivity contribution in [3.8, 4) is 0 Å². The lowest BCUT2D eigenvalue weighted by molar-refractivity contribution is -0.896. The molecule has 3 N–H and O–H groups in total. The standard InChI is InChI=1S/C15H19N3OS.ClH/c19-14(11-18-8-4-1-5-9-18)16-10-15-17-12-6-2-3-7-13(12)20-15;/h2-3,6-7,10,17H,1,4-5,8-9,11H2,(H,16,19);1H/b15-10-;. The van der Waals surface area contributed by atoms with Gasteiger partial charge >= 0.3 is 0 Å². The SMILES string of the molecule is O=C(C[NH+]1CCCCC1)N/C=C1/Nc2ccccc2S1.[Cl-]. The van der Waals surface area contributed by atoms with Crippen LogP contribution in [0, 0.1) is 0 Å². The van der Waals surface area contributed by atoms with E-state index in [2.05, 4.69) is 16.7 Å². The highest BCUT2D eigenvalue weighted by Gasteiger charge is 2.18. The Kier molecular flexibility index (Phi) is 5.96. The van der Waals surface area contributed by atoms with Crippen LogP contribution in [0.1, 0.15) is 19.3 Å². The van der Waals surface area contributed by atoms with Crippen LogP contribution in [0.5, 0.6) is 0 Å². The number of anilines is 1. The normalized spacial score (nSPS) is 19.5. The van der Waals surface area contributed by atoms with Gasteiger partial charge in [0.15, 0.2) is 6.54 Å². The zero-order valence-corrected chi connectivity index (χ0v) is 13.4. The Morgan fingerprint density at radius 3 is 2.81 bits per heavy atom.